The first kappa shape index (κ1) is 20.9. The molecule has 7 heteroatoms. The summed E-state index contributed by atoms with van der Waals surface area (Å²) in [7, 11) is 0. The fourth-order valence-corrected chi connectivity index (χ4v) is 3.90. The summed E-state index contributed by atoms with van der Waals surface area (Å²) in [5, 5.41) is 20.4. The van der Waals surface area contributed by atoms with Crippen LogP contribution in [0.25, 0.3) is 10.9 Å². The monoisotopic (exact) mass is 417 g/mol. The van der Waals surface area contributed by atoms with E-state index in [-0.39, 0.29) is 17.0 Å². The molecule has 0 unspecified atom stereocenters. The number of aliphatic carboxylic acids is 1. The molecule has 1 heterocycles. The Labute approximate surface area is 172 Å². The van der Waals surface area contributed by atoms with E-state index < -0.39 is 29.4 Å². The number of carboxylic acid groups (broad SMARTS) is 1. The summed E-state index contributed by atoms with van der Waals surface area (Å²) in [5.41, 5.74) is 1.27. The van der Waals surface area contributed by atoms with Crippen LogP contribution in [0.4, 0.5) is 4.39 Å². The number of hydrogen-bond acceptors (Lipinski definition) is 3. The SMILES string of the molecule is Cc1c([C@H](CC(C)C)C(=O)O)c2cc(O)c(F)cc2n1C(=O)c1cccc(Cl)c1. The predicted octanol–water partition coefficient (Wildman–Crippen LogP) is 5.35. The highest BCUT2D eigenvalue weighted by Gasteiger charge is 2.30. The molecule has 29 heavy (non-hydrogen) atoms. The molecule has 0 spiro atoms. The lowest BCUT2D eigenvalue weighted by Crippen LogP contribution is -2.17. The van der Waals surface area contributed by atoms with Gasteiger partial charge in [-0.2, -0.15) is 0 Å². The van der Waals surface area contributed by atoms with Gasteiger partial charge in [-0.1, -0.05) is 31.5 Å². The van der Waals surface area contributed by atoms with E-state index in [9.17, 15) is 24.2 Å². The van der Waals surface area contributed by atoms with Crippen LogP contribution in [0.15, 0.2) is 36.4 Å². The first-order chi connectivity index (χ1) is 13.6. The van der Waals surface area contributed by atoms with Gasteiger partial charge in [0.05, 0.1) is 11.4 Å². The summed E-state index contributed by atoms with van der Waals surface area (Å²) in [6.07, 6.45) is 0.332. The van der Waals surface area contributed by atoms with E-state index >= 15 is 0 Å². The molecule has 0 aliphatic heterocycles. The molecule has 0 aliphatic carbocycles. The normalized spacial score (nSPS) is 12.5. The first-order valence-corrected chi connectivity index (χ1v) is 9.56. The van der Waals surface area contributed by atoms with Crippen molar-refractivity contribution in [1.82, 2.24) is 4.57 Å². The predicted molar refractivity (Wildman–Crippen MR) is 109 cm³/mol. The van der Waals surface area contributed by atoms with E-state index in [1.807, 2.05) is 13.8 Å². The number of carbonyl (C=O) groups is 2. The molecular weight excluding hydrogens is 397 g/mol. The van der Waals surface area contributed by atoms with E-state index in [4.69, 9.17) is 11.6 Å². The molecule has 2 aromatic carbocycles. The third kappa shape index (κ3) is 3.85. The zero-order chi connectivity index (χ0) is 21.5. The number of fused-ring (bicyclic) bond motifs is 1. The Morgan fingerprint density at radius 1 is 1.21 bits per heavy atom. The Morgan fingerprint density at radius 3 is 2.48 bits per heavy atom. The fraction of sp³-hybridized carbons (Fsp3) is 0.273. The number of carbonyl (C=O) groups excluding carboxylic acids is 1. The number of carboxylic acids is 1. The van der Waals surface area contributed by atoms with Crippen LogP contribution in [-0.4, -0.2) is 26.7 Å². The maximum atomic E-state index is 14.2. The minimum atomic E-state index is -1.04. The van der Waals surface area contributed by atoms with Gasteiger partial charge >= 0.3 is 5.97 Å². The number of aromatic hydroxyl groups is 1. The molecule has 0 radical (unpaired) electrons. The second-order valence-electron chi connectivity index (χ2n) is 7.49. The summed E-state index contributed by atoms with van der Waals surface area (Å²) in [6, 6.07) is 8.57. The van der Waals surface area contributed by atoms with Gasteiger partial charge in [0.15, 0.2) is 11.6 Å². The number of halogens is 2. The van der Waals surface area contributed by atoms with Gasteiger partial charge in [0, 0.05) is 27.7 Å². The molecule has 2 N–H and O–H groups in total. The fourth-order valence-electron chi connectivity index (χ4n) is 3.71. The van der Waals surface area contributed by atoms with Crippen molar-refractivity contribution >= 4 is 34.4 Å². The van der Waals surface area contributed by atoms with Crippen LogP contribution in [0.2, 0.25) is 5.02 Å². The van der Waals surface area contributed by atoms with E-state index in [1.54, 1.807) is 25.1 Å². The van der Waals surface area contributed by atoms with Crippen molar-refractivity contribution in [2.45, 2.75) is 33.1 Å². The van der Waals surface area contributed by atoms with E-state index in [0.717, 1.165) is 6.07 Å². The van der Waals surface area contributed by atoms with Crippen molar-refractivity contribution in [3.05, 3.63) is 64.1 Å². The molecule has 0 amide bonds. The highest BCUT2D eigenvalue weighted by Crippen LogP contribution is 2.38. The highest BCUT2D eigenvalue weighted by atomic mass is 35.5. The van der Waals surface area contributed by atoms with Crippen LogP contribution in [0.1, 0.15) is 47.8 Å². The van der Waals surface area contributed by atoms with Gasteiger partial charge in [-0.15, -0.1) is 0 Å². The van der Waals surface area contributed by atoms with Gasteiger partial charge in [0.1, 0.15) is 0 Å². The van der Waals surface area contributed by atoms with Crippen LogP contribution in [0.5, 0.6) is 5.75 Å². The second-order valence-corrected chi connectivity index (χ2v) is 7.93. The Hall–Kier alpha value is -2.86. The number of aromatic nitrogens is 1. The average molecular weight is 418 g/mol. The largest absolute Gasteiger partial charge is 0.505 e. The van der Waals surface area contributed by atoms with E-state index in [2.05, 4.69) is 0 Å². The maximum Gasteiger partial charge on any atom is 0.311 e. The van der Waals surface area contributed by atoms with E-state index in [1.165, 1.54) is 16.7 Å². The summed E-state index contributed by atoms with van der Waals surface area (Å²) in [6.45, 7) is 5.43. The van der Waals surface area contributed by atoms with Crippen LogP contribution >= 0.6 is 11.6 Å². The van der Waals surface area contributed by atoms with Gasteiger partial charge in [0.25, 0.3) is 5.91 Å². The molecule has 5 nitrogen and oxygen atoms in total. The molecule has 1 aromatic heterocycles. The smallest absolute Gasteiger partial charge is 0.311 e. The molecule has 3 rings (SSSR count). The molecule has 0 saturated heterocycles. The molecular formula is C22H21ClFNO4. The number of hydrogen-bond donors (Lipinski definition) is 2. The lowest BCUT2D eigenvalue weighted by atomic mass is 9.88. The summed E-state index contributed by atoms with van der Waals surface area (Å²) < 4.78 is 15.4. The Balaban J connectivity index is 2.33. The van der Waals surface area contributed by atoms with Crippen LogP contribution in [0.3, 0.4) is 0 Å². The first-order valence-electron chi connectivity index (χ1n) is 9.18. The lowest BCUT2D eigenvalue weighted by Gasteiger charge is -2.16. The molecule has 1 atom stereocenters. The van der Waals surface area contributed by atoms with Gasteiger partial charge in [-0.3, -0.25) is 14.2 Å². The number of phenolic OH excluding ortho intramolecular Hbond substituents is 1. The van der Waals surface area contributed by atoms with Gasteiger partial charge < -0.3 is 10.2 Å². The topological polar surface area (TPSA) is 79.5 Å². The Kier molecular flexibility index (Phi) is 5.66. The number of rotatable bonds is 5. The summed E-state index contributed by atoms with van der Waals surface area (Å²) in [5.74, 6) is -3.82. The second kappa shape index (κ2) is 7.87. The van der Waals surface area contributed by atoms with E-state index in [0.29, 0.717) is 28.1 Å². The summed E-state index contributed by atoms with van der Waals surface area (Å²) >= 11 is 6.00. The average Bonchev–Trinajstić information content (AvgIpc) is 2.90. The van der Waals surface area contributed by atoms with Crippen molar-refractivity contribution in [3.63, 3.8) is 0 Å². The van der Waals surface area contributed by atoms with Crippen LogP contribution < -0.4 is 0 Å². The number of phenols is 1. The minimum Gasteiger partial charge on any atom is -0.505 e. The van der Waals surface area contributed by atoms with Gasteiger partial charge in [0.2, 0.25) is 0 Å². The highest BCUT2D eigenvalue weighted by molar-refractivity contribution is 6.31. The number of benzene rings is 2. The van der Waals surface area contributed by atoms with Crippen LogP contribution in [0, 0.1) is 18.7 Å². The third-order valence-electron chi connectivity index (χ3n) is 4.95. The van der Waals surface area contributed by atoms with Crippen LogP contribution in [-0.2, 0) is 4.79 Å². The zero-order valence-electron chi connectivity index (χ0n) is 16.2. The standard InChI is InChI=1S/C22H21ClFNO4/c1-11(2)7-16(22(28)29)20-12(3)25(18-10-17(24)19(26)9-15(18)20)21(27)13-5-4-6-14(23)8-13/h4-6,8-11,16,26H,7H2,1-3H3,(H,28,29)/t16-/m0/s1. The molecule has 152 valence electrons. The lowest BCUT2D eigenvalue weighted by molar-refractivity contribution is -0.139. The third-order valence-corrected chi connectivity index (χ3v) is 5.18. The van der Waals surface area contributed by atoms with Gasteiger partial charge in [-0.05, 0) is 49.1 Å². The maximum absolute atomic E-state index is 14.2. The molecule has 0 bridgehead atoms. The Bertz CT molecular complexity index is 1120. The van der Waals surface area contributed by atoms with Crippen molar-refractivity contribution in [2.75, 3.05) is 0 Å². The van der Waals surface area contributed by atoms with Crippen molar-refractivity contribution < 1.29 is 24.2 Å². The molecule has 0 aliphatic rings. The zero-order valence-corrected chi connectivity index (χ0v) is 17.0. The van der Waals surface area contributed by atoms with Gasteiger partial charge in [-0.25, -0.2) is 4.39 Å². The Morgan fingerprint density at radius 2 is 1.90 bits per heavy atom. The number of nitrogens with zero attached hydrogens (tertiary/aromatic N) is 1. The quantitative estimate of drug-likeness (QED) is 0.586. The molecule has 0 saturated carbocycles. The molecule has 0 fully saturated rings. The minimum absolute atomic E-state index is 0.0755. The van der Waals surface area contributed by atoms with Crippen molar-refractivity contribution in [3.8, 4) is 5.75 Å². The molecule has 3 aromatic rings. The van der Waals surface area contributed by atoms with Crippen molar-refractivity contribution in [2.24, 2.45) is 5.92 Å². The summed E-state index contributed by atoms with van der Waals surface area (Å²) in [4.78, 5) is 25.3. The van der Waals surface area contributed by atoms with Crippen molar-refractivity contribution in [1.29, 1.82) is 0 Å².